The third-order valence-electron chi connectivity index (χ3n) is 2.94. The van der Waals surface area contributed by atoms with Gasteiger partial charge in [-0.25, -0.2) is 0 Å². The number of ether oxygens (including phenoxy) is 1. The lowest BCUT2D eigenvalue weighted by molar-refractivity contribution is 0.562. The van der Waals surface area contributed by atoms with Gasteiger partial charge in [0, 0.05) is 9.92 Å². The summed E-state index contributed by atoms with van der Waals surface area (Å²) in [5.41, 5.74) is 1.41. The van der Waals surface area contributed by atoms with Crippen LogP contribution in [-0.4, -0.2) is 5.23 Å². The van der Waals surface area contributed by atoms with Gasteiger partial charge in [0.15, 0.2) is 0 Å². The van der Waals surface area contributed by atoms with Crippen LogP contribution in [0, 0.1) is 5.41 Å². The second-order valence-electron chi connectivity index (χ2n) is 5.72. The normalized spacial score (nSPS) is 11.2. The molecular formula is C17H18ClNOS. The van der Waals surface area contributed by atoms with Crippen molar-refractivity contribution in [3.8, 4) is 5.75 Å². The molecule has 0 saturated carbocycles. The van der Waals surface area contributed by atoms with Crippen LogP contribution in [0.1, 0.15) is 26.3 Å². The molecule has 2 nitrogen and oxygen atoms in total. The van der Waals surface area contributed by atoms with E-state index in [4.69, 9.17) is 21.7 Å². The summed E-state index contributed by atoms with van der Waals surface area (Å²) in [5, 5.41) is 8.63. The Labute approximate surface area is 135 Å². The van der Waals surface area contributed by atoms with Gasteiger partial charge in [-0.3, -0.25) is 5.41 Å². The topological polar surface area (TPSA) is 33.1 Å². The van der Waals surface area contributed by atoms with E-state index in [0.29, 0.717) is 10.8 Å². The molecule has 0 aliphatic carbocycles. The molecule has 0 radical (unpaired) electrons. The first kappa shape index (κ1) is 15.9. The molecule has 0 bridgehead atoms. The maximum atomic E-state index is 7.91. The highest BCUT2D eigenvalue weighted by Gasteiger charge is 2.13. The molecule has 0 spiro atoms. The lowest BCUT2D eigenvalue weighted by Crippen LogP contribution is -2.10. The van der Waals surface area contributed by atoms with E-state index in [1.807, 2.05) is 12.1 Å². The molecule has 0 aromatic heterocycles. The SMILES string of the molecule is CC(C)(C)c1ccc(SC(=N)Oc2cccc(Cl)c2)cc1. The largest absolute Gasteiger partial charge is 0.434 e. The number of halogens is 1. The summed E-state index contributed by atoms with van der Waals surface area (Å²) in [6.07, 6.45) is 0. The Morgan fingerprint density at radius 3 is 2.33 bits per heavy atom. The second kappa shape index (κ2) is 6.54. The number of thioether (sulfide) groups is 1. The zero-order valence-electron chi connectivity index (χ0n) is 12.3. The van der Waals surface area contributed by atoms with Crippen LogP contribution in [0.3, 0.4) is 0 Å². The first-order chi connectivity index (χ1) is 9.84. The first-order valence-electron chi connectivity index (χ1n) is 6.65. The van der Waals surface area contributed by atoms with Crippen LogP contribution in [0.2, 0.25) is 5.02 Å². The van der Waals surface area contributed by atoms with Gasteiger partial charge in [-0.1, -0.05) is 50.6 Å². The molecule has 2 rings (SSSR count). The maximum Gasteiger partial charge on any atom is 0.253 e. The average Bonchev–Trinajstić information content (AvgIpc) is 2.38. The van der Waals surface area contributed by atoms with Crippen LogP contribution in [0.4, 0.5) is 0 Å². The Kier molecular flexibility index (Phi) is 4.96. The number of rotatable bonds is 2. The first-order valence-corrected chi connectivity index (χ1v) is 7.84. The fourth-order valence-corrected chi connectivity index (χ4v) is 2.59. The average molecular weight is 320 g/mol. The van der Waals surface area contributed by atoms with E-state index < -0.39 is 0 Å². The van der Waals surface area contributed by atoms with Gasteiger partial charge >= 0.3 is 0 Å². The highest BCUT2D eigenvalue weighted by Crippen LogP contribution is 2.27. The van der Waals surface area contributed by atoms with Crippen molar-refractivity contribution < 1.29 is 4.74 Å². The second-order valence-corrected chi connectivity index (χ2v) is 7.21. The minimum absolute atomic E-state index is 0.126. The Morgan fingerprint density at radius 2 is 1.76 bits per heavy atom. The highest BCUT2D eigenvalue weighted by molar-refractivity contribution is 8.13. The highest BCUT2D eigenvalue weighted by atomic mass is 35.5. The van der Waals surface area contributed by atoms with Gasteiger partial charge in [0.2, 0.25) is 0 Å². The molecule has 110 valence electrons. The van der Waals surface area contributed by atoms with Gasteiger partial charge in [0.25, 0.3) is 5.23 Å². The summed E-state index contributed by atoms with van der Waals surface area (Å²) in [6.45, 7) is 6.54. The van der Waals surface area contributed by atoms with Crippen LogP contribution in [0.5, 0.6) is 5.75 Å². The van der Waals surface area contributed by atoms with E-state index in [0.717, 1.165) is 4.90 Å². The minimum atomic E-state index is 0.126. The third kappa shape index (κ3) is 4.80. The summed E-state index contributed by atoms with van der Waals surface area (Å²) in [6, 6.07) is 15.3. The fraction of sp³-hybridized carbons (Fsp3) is 0.235. The number of hydrogen-bond acceptors (Lipinski definition) is 3. The summed E-state index contributed by atoms with van der Waals surface area (Å²) in [7, 11) is 0. The van der Waals surface area contributed by atoms with E-state index in [2.05, 4.69) is 32.9 Å². The van der Waals surface area contributed by atoms with Crippen LogP contribution in [0.15, 0.2) is 53.4 Å². The Bertz CT molecular complexity index is 632. The third-order valence-corrected chi connectivity index (χ3v) is 3.95. The summed E-state index contributed by atoms with van der Waals surface area (Å²) < 4.78 is 5.46. The molecule has 0 atom stereocenters. The summed E-state index contributed by atoms with van der Waals surface area (Å²) in [5.74, 6) is 0.575. The zero-order chi connectivity index (χ0) is 15.5. The van der Waals surface area contributed by atoms with Gasteiger partial charge < -0.3 is 4.74 Å². The minimum Gasteiger partial charge on any atom is -0.434 e. The smallest absolute Gasteiger partial charge is 0.253 e. The standard InChI is InChI=1S/C17H18ClNOS/c1-17(2,3)12-7-9-15(10-8-12)21-16(19)20-14-6-4-5-13(18)11-14/h4-11,19H,1-3H3. The lowest BCUT2D eigenvalue weighted by Gasteiger charge is -2.19. The van der Waals surface area contributed by atoms with Crippen molar-refractivity contribution in [1.29, 1.82) is 5.41 Å². The van der Waals surface area contributed by atoms with E-state index in [1.165, 1.54) is 17.3 Å². The zero-order valence-corrected chi connectivity index (χ0v) is 13.9. The lowest BCUT2D eigenvalue weighted by atomic mass is 9.87. The van der Waals surface area contributed by atoms with Crippen molar-refractivity contribution in [3.05, 3.63) is 59.1 Å². The Hall–Kier alpha value is -1.45. The monoisotopic (exact) mass is 319 g/mol. The van der Waals surface area contributed by atoms with E-state index >= 15 is 0 Å². The Morgan fingerprint density at radius 1 is 1.10 bits per heavy atom. The van der Waals surface area contributed by atoms with Crippen LogP contribution in [-0.2, 0) is 5.41 Å². The Balaban J connectivity index is 2.00. The van der Waals surface area contributed by atoms with Crippen LogP contribution in [0.25, 0.3) is 0 Å². The molecule has 0 amide bonds. The van der Waals surface area contributed by atoms with Gasteiger partial charge in [-0.15, -0.1) is 0 Å². The predicted molar refractivity (Wildman–Crippen MR) is 90.8 cm³/mol. The number of nitrogens with one attached hydrogen (secondary N) is 1. The maximum absolute atomic E-state index is 7.91. The molecule has 0 heterocycles. The molecule has 0 aliphatic rings. The predicted octanol–water partition coefficient (Wildman–Crippen LogP) is 5.74. The van der Waals surface area contributed by atoms with Crippen molar-refractivity contribution in [1.82, 2.24) is 0 Å². The quantitative estimate of drug-likeness (QED) is 0.434. The molecule has 2 aromatic carbocycles. The van der Waals surface area contributed by atoms with Crippen molar-refractivity contribution in [2.24, 2.45) is 0 Å². The molecule has 21 heavy (non-hydrogen) atoms. The van der Waals surface area contributed by atoms with Gasteiger partial charge in [0.05, 0.1) is 0 Å². The van der Waals surface area contributed by atoms with Crippen LogP contribution >= 0.6 is 23.4 Å². The number of benzene rings is 2. The van der Waals surface area contributed by atoms with Gasteiger partial charge in [-0.05, 0) is 53.1 Å². The number of hydrogen-bond donors (Lipinski definition) is 1. The molecular weight excluding hydrogens is 302 g/mol. The van der Waals surface area contributed by atoms with Gasteiger partial charge in [0.1, 0.15) is 5.75 Å². The van der Waals surface area contributed by atoms with Crippen molar-refractivity contribution in [3.63, 3.8) is 0 Å². The van der Waals surface area contributed by atoms with Crippen LogP contribution < -0.4 is 4.74 Å². The fourth-order valence-electron chi connectivity index (χ4n) is 1.79. The summed E-state index contributed by atoms with van der Waals surface area (Å²) >= 11 is 7.17. The molecule has 2 aromatic rings. The molecule has 0 unspecified atom stereocenters. The van der Waals surface area contributed by atoms with Crippen molar-refractivity contribution in [2.75, 3.05) is 0 Å². The molecule has 0 fully saturated rings. The van der Waals surface area contributed by atoms with E-state index in [9.17, 15) is 0 Å². The van der Waals surface area contributed by atoms with Crippen molar-refractivity contribution >= 4 is 28.6 Å². The molecule has 0 saturated heterocycles. The van der Waals surface area contributed by atoms with Gasteiger partial charge in [-0.2, -0.15) is 0 Å². The van der Waals surface area contributed by atoms with E-state index in [1.54, 1.807) is 24.3 Å². The molecule has 0 aliphatic heterocycles. The molecule has 4 heteroatoms. The molecule has 1 N–H and O–H groups in total. The van der Waals surface area contributed by atoms with Crippen molar-refractivity contribution in [2.45, 2.75) is 31.1 Å². The summed E-state index contributed by atoms with van der Waals surface area (Å²) in [4.78, 5) is 0.982. The van der Waals surface area contributed by atoms with E-state index in [-0.39, 0.29) is 10.6 Å².